The molecule has 3 rings (SSSR count). The minimum atomic E-state index is -1.76. The largest absolute Gasteiger partial charge is 0.325 e. The van der Waals surface area contributed by atoms with Gasteiger partial charge in [0.2, 0.25) is 0 Å². The zero-order chi connectivity index (χ0) is 17.5. The van der Waals surface area contributed by atoms with Crippen molar-refractivity contribution in [2.24, 2.45) is 0 Å². The van der Waals surface area contributed by atoms with Gasteiger partial charge in [0.05, 0.1) is 11.4 Å². The molecule has 3 amide bonds. The fourth-order valence-corrected chi connectivity index (χ4v) is 3.22. The van der Waals surface area contributed by atoms with Crippen LogP contribution in [0.25, 0.3) is 0 Å². The molecule has 0 saturated carbocycles. The van der Waals surface area contributed by atoms with Gasteiger partial charge in [-0.2, -0.15) is 0 Å². The second-order valence-corrected chi connectivity index (χ2v) is 6.42. The lowest BCUT2D eigenvalue weighted by atomic mass is 9.91. The van der Waals surface area contributed by atoms with E-state index in [0.29, 0.717) is 9.78 Å². The summed E-state index contributed by atoms with van der Waals surface area (Å²) in [6.07, 6.45) is 0. The Labute approximate surface area is 139 Å². The first-order chi connectivity index (χ1) is 11.3. The van der Waals surface area contributed by atoms with Crippen LogP contribution >= 0.6 is 11.3 Å². The van der Waals surface area contributed by atoms with Crippen LogP contribution in [-0.2, 0) is 10.3 Å². The quantitative estimate of drug-likeness (QED) is 0.681. The Morgan fingerprint density at radius 3 is 2.71 bits per heavy atom. The maximum atomic E-state index is 14.0. The smallest absolute Gasteiger partial charge is 0.319 e. The minimum Gasteiger partial charge on any atom is -0.319 e. The summed E-state index contributed by atoms with van der Waals surface area (Å²) in [5, 5.41) is 4.05. The van der Waals surface area contributed by atoms with E-state index in [-0.39, 0.29) is 5.56 Å². The number of thiophene rings is 1. The summed E-state index contributed by atoms with van der Waals surface area (Å²) in [6.45, 7) is 0.818. The summed E-state index contributed by atoms with van der Waals surface area (Å²) in [5.41, 5.74) is -2.05. The molecule has 124 valence electrons. The Bertz CT molecular complexity index is 838. The summed E-state index contributed by atoms with van der Waals surface area (Å²) in [5.74, 6) is -2.76. The summed E-state index contributed by atoms with van der Waals surface area (Å²) in [7, 11) is 0. The molecule has 8 heteroatoms. The molecule has 2 aromatic rings. The highest BCUT2D eigenvalue weighted by Gasteiger charge is 2.50. The van der Waals surface area contributed by atoms with E-state index in [2.05, 4.69) is 5.32 Å². The lowest BCUT2D eigenvalue weighted by molar-refractivity contribution is -0.130. The highest BCUT2D eigenvalue weighted by molar-refractivity contribution is 7.12. The van der Waals surface area contributed by atoms with E-state index in [4.69, 9.17) is 0 Å². The fourth-order valence-electron chi connectivity index (χ4n) is 2.56. The Morgan fingerprint density at radius 2 is 2.04 bits per heavy atom. The molecule has 5 nitrogen and oxygen atoms in total. The van der Waals surface area contributed by atoms with Crippen molar-refractivity contribution < 1.29 is 23.2 Å². The van der Waals surface area contributed by atoms with Crippen molar-refractivity contribution in [1.29, 1.82) is 0 Å². The number of imide groups is 1. The maximum absolute atomic E-state index is 14.0. The van der Waals surface area contributed by atoms with Crippen molar-refractivity contribution in [2.75, 3.05) is 6.54 Å². The third-order valence-corrected chi connectivity index (χ3v) is 4.75. The van der Waals surface area contributed by atoms with Crippen molar-refractivity contribution in [3.8, 4) is 0 Å². The molecule has 24 heavy (non-hydrogen) atoms. The van der Waals surface area contributed by atoms with E-state index in [1.807, 2.05) is 0 Å². The lowest BCUT2D eigenvalue weighted by Crippen LogP contribution is -2.42. The third-order valence-electron chi connectivity index (χ3n) is 3.84. The van der Waals surface area contributed by atoms with Gasteiger partial charge in [-0.25, -0.2) is 13.6 Å². The van der Waals surface area contributed by atoms with Crippen molar-refractivity contribution in [2.45, 2.75) is 12.5 Å². The summed E-state index contributed by atoms with van der Waals surface area (Å²) in [4.78, 5) is 38.0. The van der Waals surface area contributed by atoms with Crippen molar-refractivity contribution >= 4 is 29.1 Å². The Hall–Kier alpha value is -2.61. The van der Waals surface area contributed by atoms with Crippen LogP contribution in [0.4, 0.5) is 13.6 Å². The maximum Gasteiger partial charge on any atom is 0.325 e. The Balaban J connectivity index is 1.91. The van der Waals surface area contributed by atoms with Gasteiger partial charge < -0.3 is 5.32 Å². The fraction of sp³-hybridized carbons (Fsp3) is 0.188. The monoisotopic (exact) mass is 350 g/mol. The van der Waals surface area contributed by atoms with Crippen molar-refractivity contribution in [1.82, 2.24) is 10.2 Å². The van der Waals surface area contributed by atoms with Crippen molar-refractivity contribution in [3.63, 3.8) is 0 Å². The molecule has 1 N–H and O–H groups in total. The molecular formula is C16H12F2N2O3S. The van der Waals surface area contributed by atoms with Gasteiger partial charge in [-0.3, -0.25) is 14.5 Å². The van der Waals surface area contributed by atoms with Crippen LogP contribution in [0.1, 0.15) is 22.2 Å². The highest BCUT2D eigenvalue weighted by Crippen LogP contribution is 2.31. The van der Waals surface area contributed by atoms with Gasteiger partial charge in [0.15, 0.2) is 5.78 Å². The number of benzene rings is 1. The van der Waals surface area contributed by atoms with Crippen LogP contribution in [0.5, 0.6) is 0 Å². The van der Waals surface area contributed by atoms with Crippen LogP contribution in [-0.4, -0.2) is 29.2 Å². The number of Topliss-reactive ketones (excluding diaryl/α,β-unsaturated/α-hetero) is 1. The lowest BCUT2D eigenvalue weighted by Gasteiger charge is -2.22. The standard InChI is InChI=1S/C16H12F2N2O3S/c1-16(10-7-9(17)4-5-11(10)18)14(22)20(15(23)19-16)8-12(21)13-3-2-6-24-13/h2-7H,8H2,1H3,(H,19,23)/t16-/m1/s1. The van der Waals surface area contributed by atoms with Crippen LogP contribution in [0, 0.1) is 11.6 Å². The molecule has 0 aliphatic carbocycles. The molecule has 1 saturated heterocycles. The average molecular weight is 350 g/mol. The number of hydrogen-bond acceptors (Lipinski definition) is 4. The van der Waals surface area contributed by atoms with Gasteiger partial charge in [-0.05, 0) is 36.6 Å². The van der Waals surface area contributed by atoms with E-state index in [9.17, 15) is 23.2 Å². The molecule has 2 heterocycles. The first-order valence-electron chi connectivity index (χ1n) is 6.99. The summed E-state index contributed by atoms with van der Waals surface area (Å²) < 4.78 is 27.5. The molecule has 1 fully saturated rings. The van der Waals surface area contributed by atoms with Gasteiger partial charge in [0, 0.05) is 5.56 Å². The van der Waals surface area contributed by atoms with E-state index in [1.54, 1.807) is 17.5 Å². The van der Waals surface area contributed by atoms with Gasteiger partial charge >= 0.3 is 6.03 Å². The van der Waals surface area contributed by atoms with Crippen LogP contribution in [0.2, 0.25) is 0 Å². The second-order valence-electron chi connectivity index (χ2n) is 5.47. The van der Waals surface area contributed by atoms with E-state index in [0.717, 1.165) is 18.2 Å². The Kier molecular flexibility index (Phi) is 3.92. The number of amides is 3. The predicted octanol–water partition coefficient (Wildman–Crippen LogP) is 2.68. The first kappa shape index (κ1) is 16.3. The number of urea groups is 1. The molecule has 0 unspecified atom stereocenters. The summed E-state index contributed by atoms with van der Waals surface area (Å²) in [6, 6.07) is 5.09. The van der Waals surface area contributed by atoms with Gasteiger partial charge in [-0.15, -0.1) is 11.3 Å². The van der Waals surface area contributed by atoms with Crippen LogP contribution in [0.3, 0.4) is 0 Å². The zero-order valence-electron chi connectivity index (χ0n) is 12.5. The molecular weight excluding hydrogens is 338 g/mol. The van der Waals surface area contributed by atoms with E-state index >= 15 is 0 Å². The average Bonchev–Trinajstić information content (AvgIpc) is 3.14. The normalized spacial score (nSPS) is 20.4. The van der Waals surface area contributed by atoms with Crippen molar-refractivity contribution in [3.05, 3.63) is 57.8 Å². The predicted molar refractivity (Wildman–Crippen MR) is 82.6 cm³/mol. The second kappa shape index (κ2) is 5.79. The molecule has 0 spiro atoms. The topological polar surface area (TPSA) is 66.5 Å². The van der Waals surface area contributed by atoms with Gasteiger partial charge in [0.25, 0.3) is 5.91 Å². The third kappa shape index (κ3) is 2.58. The molecule has 0 radical (unpaired) electrons. The Morgan fingerprint density at radius 1 is 1.29 bits per heavy atom. The number of nitrogens with zero attached hydrogens (tertiary/aromatic N) is 1. The number of carbonyl (C=O) groups excluding carboxylic acids is 3. The number of hydrogen-bond donors (Lipinski definition) is 1. The number of rotatable bonds is 4. The molecule has 1 aromatic heterocycles. The van der Waals surface area contributed by atoms with E-state index < -0.39 is 41.4 Å². The van der Waals surface area contributed by atoms with E-state index in [1.165, 1.54) is 18.3 Å². The number of ketones is 1. The minimum absolute atomic E-state index is 0.285. The molecule has 0 bridgehead atoms. The number of carbonyl (C=O) groups is 3. The van der Waals surface area contributed by atoms with Crippen LogP contribution < -0.4 is 5.32 Å². The highest BCUT2D eigenvalue weighted by atomic mass is 32.1. The van der Waals surface area contributed by atoms with Crippen LogP contribution in [0.15, 0.2) is 35.7 Å². The number of nitrogens with one attached hydrogen (secondary N) is 1. The number of halogens is 2. The SMILES string of the molecule is C[C@]1(c2cc(F)ccc2F)NC(=O)N(CC(=O)c2cccs2)C1=O. The molecule has 1 aromatic carbocycles. The molecule has 1 aliphatic rings. The molecule has 1 atom stereocenters. The van der Waals surface area contributed by atoms with Gasteiger partial charge in [-0.1, -0.05) is 6.07 Å². The summed E-state index contributed by atoms with van der Waals surface area (Å²) >= 11 is 1.19. The van der Waals surface area contributed by atoms with Gasteiger partial charge in [0.1, 0.15) is 17.2 Å². The first-order valence-corrected chi connectivity index (χ1v) is 7.87. The zero-order valence-corrected chi connectivity index (χ0v) is 13.3. The molecule has 1 aliphatic heterocycles.